The molecule has 4 heterocycles. The van der Waals surface area contributed by atoms with E-state index in [1.807, 2.05) is 59.5 Å². The normalized spacial score (nSPS) is 20.1. The Morgan fingerprint density at radius 1 is 0.875 bits per heavy atom. The van der Waals surface area contributed by atoms with Crippen molar-refractivity contribution in [3.8, 4) is 11.3 Å². The molecule has 2 bridgehead atoms. The van der Waals surface area contributed by atoms with E-state index < -0.39 is 0 Å². The third-order valence-corrected chi connectivity index (χ3v) is 6.50. The molecule has 0 atom stereocenters. The first-order chi connectivity index (χ1) is 15.6. The summed E-state index contributed by atoms with van der Waals surface area (Å²) >= 11 is 0. The van der Waals surface area contributed by atoms with Gasteiger partial charge in [-0.05, 0) is 56.2 Å². The highest BCUT2D eigenvalue weighted by Crippen LogP contribution is 2.33. The second-order valence-corrected chi connectivity index (χ2v) is 8.51. The third-order valence-electron chi connectivity index (χ3n) is 6.50. The fraction of sp³-hybridized carbons (Fsp3) is 0.308. The van der Waals surface area contributed by atoms with Crippen LogP contribution in [0.5, 0.6) is 0 Å². The molecule has 32 heavy (non-hydrogen) atoms. The number of carbonyl (C=O) groups excluding carboxylic acids is 2. The van der Waals surface area contributed by atoms with Crippen LogP contribution in [-0.2, 0) is 0 Å². The Bertz CT molecular complexity index is 1140. The van der Waals surface area contributed by atoms with Crippen LogP contribution in [0.1, 0.15) is 40.7 Å². The number of hydrogen-bond acceptors (Lipinski definition) is 5. The zero-order valence-corrected chi connectivity index (χ0v) is 18.2. The number of ketones is 1. The van der Waals surface area contributed by atoms with E-state index in [-0.39, 0.29) is 11.7 Å². The van der Waals surface area contributed by atoms with Crippen LogP contribution in [0.4, 0.5) is 11.4 Å². The molecule has 6 heteroatoms. The van der Waals surface area contributed by atoms with E-state index in [1.165, 1.54) is 0 Å². The maximum Gasteiger partial charge on any atom is 0.289 e. The molecule has 0 spiro atoms. The maximum absolute atomic E-state index is 13.2. The molecule has 2 aromatic carbocycles. The van der Waals surface area contributed by atoms with Crippen molar-refractivity contribution in [2.24, 2.45) is 0 Å². The minimum absolute atomic E-state index is 0.000564. The lowest BCUT2D eigenvalue weighted by Gasteiger charge is -2.30. The van der Waals surface area contributed by atoms with Crippen LogP contribution < -0.4 is 5.32 Å². The summed E-state index contributed by atoms with van der Waals surface area (Å²) in [6.45, 7) is 5.37. The van der Waals surface area contributed by atoms with Gasteiger partial charge in [0, 0.05) is 54.7 Å². The highest BCUT2D eigenvalue weighted by molar-refractivity contribution is 6.00. The topological polar surface area (TPSA) is 65.8 Å². The van der Waals surface area contributed by atoms with Gasteiger partial charge in [-0.25, -0.2) is 0 Å². The number of para-hydroxylation sites is 2. The summed E-state index contributed by atoms with van der Waals surface area (Å²) in [6, 6.07) is 19.1. The molecule has 164 valence electrons. The third kappa shape index (κ3) is 3.94. The van der Waals surface area contributed by atoms with E-state index in [1.54, 1.807) is 13.0 Å². The first-order valence-corrected chi connectivity index (χ1v) is 11.2. The number of fused-ring (bicyclic) bond motifs is 4. The van der Waals surface area contributed by atoms with Crippen LogP contribution in [0.3, 0.4) is 0 Å². The summed E-state index contributed by atoms with van der Waals surface area (Å²) in [5, 5.41) is 3.37. The Labute approximate surface area is 187 Å². The molecular weight excluding hydrogens is 402 g/mol. The van der Waals surface area contributed by atoms with Crippen LogP contribution in [-0.4, -0.2) is 53.7 Å². The van der Waals surface area contributed by atoms with Crippen LogP contribution in [0.15, 0.2) is 65.1 Å². The molecule has 1 aromatic heterocycles. The summed E-state index contributed by atoms with van der Waals surface area (Å²) in [4.78, 5) is 29.7. The van der Waals surface area contributed by atoms with Crippen molar-refractivity contribution >= 4 is 23.1 Å². The molecule has 3 fully saturated rings. The number of hydrogen-bond donors (Lipinski definition) is 1. The Kier molecular flexibility index (Phi) is 5.53. The van der Waals surface area contributed by atoms with E-state index in [9.17, 15) is 9.59 Å². The Morgan fingerprint density at radius 3 is 2.38 bits per heavy atom. The molecule has 3 aromatic rings. The predicted molar refractivity (Wildman–Crippen MR) is 124 cm³/mol. The predicted octanol–water partition coefficient (Wildman–Crippen LogP) is 4.81. The van der Waals surface area contributed by atoms with Gasteiger partial charge >= 0.3 is 0 Å². The van der Waals surface area contributed by atoms with Crippen molar-refractivity contribution in [3.63, 3.8) is 0 Å². The molecule has 1 N–H and O–H groups in total. The van der Waals surface area contributed by atoms with E-state index in [0.29, 0.717) is 23.1 Å². The van der Waals surface area contributed by atoms with E-state index in [2.05, 4.69) is 10.2 Å². The molecule has 3 saturated heterocycles. The van der Waals surface area contributed by atoms with Gasteiger partial charge < -0.3 is 19.5 Å². The van der Waals surface area contributed by atoms with Gasteiger partial charge in [-0.1, -0.05) is 24.3 Å². The number of piperidine rings is 1. The average Bonchev–Trinajstić information content (AvgIpc) is 3.11. The van der Waals surface area contributed by atoms with Crippen molar-refractivity contribution in [2.75, 3.05) is 31.5 Å². The number of nitrogens with zero attached hydrogens (tertiary/aromatic N) is 2. The van der Waals surface area contributed by atoms with E-state index >= 15 is 0 Å². The number of amides is 1. The zero-order valence-electron chi connectivity index (χ0n) is 18.2. The van der Waals surface area contributed by atoms with Gasteiger partial charge in [-0.2, -0.15) is 0 Å². The van der Waals surface area contributed by atoms with E-state index in [4.69, 9.17) is 4.42 Å². The highest BCUT2D eigenvalue weighted by atomic mass is 16.4. The van der Waals surface area contributed by atoms with Crippen molar-refractivity contribution in [2.45, 2.75) is 25.8 Å². The highest BCUT2D eigenvalue weighted by Gasteiger charge is 2.33. The minimum Gasteiger partial charge on any atom is -0.451 e. The van der Waals surface area contributed by atoms with Gasteiger partial charge in [0.2, 0.25) is 0 Å². The largest absolute Gasteiger partial charge is 0.451 e. The smallest absolute Gasteiger partial charge is 0.289 e. The number of rotatable bonds is 5. The van der Waals surface area contributed by atoms with E-state index in [0.717, 1.165) is 56.0 Å². The maximum atomic E-state index is 13.2. The van der Waals surface area contributed by atoms with Crippen molar-refractivity contribution < 1.29 is 14.0 Å². The summed E-state index contributed by atoms with van der Waals surface area (Å²) in [7, 11) is 0. The molecule has 3 aliphatic rings. The van der Waals surface area contributed by atoms with Crippen molar-refractivity contribution in [1.29, 1.82) is 0 Å². The Morgan fingerprint density at radius 2 is 1.59 bits per heavy atom. The molecule has 0 unspecified atom stereocenters. The molecule has 6 rings (SSSR count). The summed E-state index contributed by atoms with van der Waals surface area (Å²) < 4.78 is 6.08. The second-order valence-electron chi connectivity index (χ2n) is 8.51. The first kappa shape index (κ1) is 20.5. The number of Topliss-reactive ketones (excluding diaryl/α,β-unsaturated/α-hetero) is 1. The van der Waals surface area contributed by atoms with Crippen LogP contribution in [0.2, 0.25) is 0 Å². The van der Waals surface area contributed by atoms with Gasteiger partial charge in [0.05, 0.1) is 0 Å². The first-order valence-electron chi connectivity index (χ1n) is 11.2. The zero-order chi connectivity index (χ0) is 22.1. The molecule has 1 amide bonds. The van der Waals surface area contributed by atoms with Gasteiger partial charge in [0.1, 0.15) is 5.76 Å². The monoisotopic (exact) mass is 429 g/mol. The molecule has 0 radical (unpaired) electrons. The SMILES string of the molecule is CC(=O)c1ccccc1Nc1ccccc1-c1ccc(C(=O)N2CCN3CCC2CC3)o1. The van der Waals surface area contributed by atoms with Crippen molar-refractivity contribution in [3.05, 3.63) is 72.0 Å². The average molecular weight is 430 g/mol. The quantitative estimate of drug-likeness (QED) is 0.590. The lowest BCUT2D eigenvalue weighted by molar-refractivity contribution is 0.0653. The Balaban J connectivity index is 1.42. The fourth-order valence-corrected chi connectivity index (χ4v) is 4.74. The number of furan rings is 1. The van der Waals surface area contributed by atoms with Gasteiger partial charge in [-0.3, -0.25) is 9.59 Å². The molecule has 6 nitrogen and oxygen atoms in total. The van der Waals surface area contributed by atoms with Crippen LogP contribution in [0.25, 0.3) is 11.3 Å². The van der Waals surface area contributed by atoms with Gasteiger partial charge in [-0.15, -0.1) is 0 Å². The number of benzene rings is 2. The summed E-state index contributed by atoms with van der Waals surface area (Å²) in [5.74, 6) is 0.968. The lowest BCUT2D eigenvalue weighted by Crippen LogP contribution is -2.41. The molecule has 3 aliphatic heterocycles. The molecule has 0 aliphatic carbocycles. The molecular formula is C26H27N3O3. The van der Waals surface area contributed by atoms with Crippen molar-refractivity contribution in [1.82, 2.24) is 9.80 Å². The number of nitrogens with one attached hydrogen (secondary N) is 1. The summed E-state index contributed by atoms with van der Waals surface area (Å²) in [6.07, 6.45) is 2.06. The van der Waals surface area contributed by atoms with Gasteiger partial charge in [0.15, 0.2) is 11.5 Å². The second kappa shape index (κ2) is 8.63. The van der Waals surface area contributed by atoms with Crippen LogP contribution in [0, 0.1) is 0 Å². The summed E-state index contributed by atoms with van der Waals surface area (Å²) in [5.41, 5.74) is 3.03. The van der Waals surface area contributed by atoms with Gasteiger partial charge in [0.25, 0.3) is 5.91 Å². The standard InChI is InChI=1S/C26H27N3O3/c1-18(30)20-6-2-4-8-22(20)27-23-9-5-3-7-21(23)24-10-11-25(32-24)26(31)29-17-16-28-14-12-19(29)13-15-28/h2-11,19,27H,12-17H2,1H3. The molecule has 0 saturated carbocycles. The Hall–Kier alpha value is -3.38. The minimum atomic E-state index is -0.0302. The number of carbonyl (C=O) groups is 2. The lowest BCUT2D eigenvalue weighted by atomic mass is 10.1. The fourth-order valence-electron chi connectivity index (χ4n) is 4.74. The van der Waals surface area contributed by atoms with Crippen LogP contribution >= 0.6 is 0 Å². The number of anilines is 2.